The van der Waals surface area contributed by atoms with Gasteiger partial charge in [-0.1, -0.05) is 27.5 Å². The number of carbonyl (C=O) groups excluding carboxylic acids is 1. The van der Waals surface area contributed by atoms with Gasteiger partial charge in [0.05, 0.1) is 4.92 Å². The van der Waals surface area contributed by atoms with Crippen molar-refractivity contribution in [1.82, 2.24) is 4.90 Å². The fourth-order valence-corrected chi connectivity index (χ4v) is 3.27. The summed E-state index contributed by atoms with van der Waals surface area (Å²) in [4.78, 5) is 24.8. The van der Waals surface area contributed by atoms with Crippen molar-refractivity contribution in [2.24, 2.45) is 0 Å². The first-order valence-electron chi connectivity index (χ1n) is 6.35. The molecule has 0 N–H and O–H groups in total. The average molecular weight is 362 g/mol. The molecule has 1 aliphatic heterocycles. The third kappa shape index (κ3) is 3.12. The number of halogens is 2. The smallest absolute Gasteiger partial charge is 0.282 e. The van der Waals surface area contributed by atoms with Crippen LogP contribution in [0.4, 0.5) is 5.69 Å². The number of nitro groups is 1. The third-order valence-electron chi connectivity index (χ3n) is 3.45. The van der Waals surface area contributed by atoms with Gasteiger partial charge in [-0.2, -0.15) is 0 Å². The molecule has 108 valence electrons. The Morgan fingerprint density at radius 2 is 2.25 bits per heavy atom. The van der Waals surface area contributed by atoms with Crippen LogP contribution in [0, 0.1) is 10.1 Å². The monoisotopic (exact) mass is 360 g/mol. The van der Waals surface area contributed by atoms with Crippen molar-refractivity contribution in [3.8, 4) is 0 Å². The second kappa shape index (κ2) is 6.54. The van der Waals surface area contributed by atoms with Crippen LogP contribution in [0.15, 0.2) is 18.2 Å². The molecule has 2 rings (SSSR count). The van der Waals surface area contributed by atoms with E-state index in [4.69, 9.17) is 11.6 Å². The molecule has 0 saturated carbocycles. The Morgan fingerprint density at radius 1 is 1.50 bits per heavy atom. The molecule has 1 amide bonds. The number of alkyl halides is 1. The largest absolute Gasteiger partial charge is 0.335 e. The molecule has 0 bridgehead atoms. The lowest BCUT2D eigenvalue weighted by atomic mass is 10.0. The van der Waals surface area contributed by atoms with Gasteiger partial charge >= 0.3 is 0 Å². The van der Waals surface area contributed by atoms with Crippen LogP contribution in [0.25, 0.3) is 0 Å². The molecule has 20 heavy (non-hydrogen) atoms. The fraction of sp³-hybridized carbons (Fsp3) is 0.462. The highest BCUT2D eigenvalue weighted by Gasteiger charge is 2.30. The van der Waals surface area contributed by atoms with Gasteiger partial charge in [0.1, 0.15) is 5.56 Å². The zero-order chi connectivity index (χ0) is 14.7. The first kappa shape index (κ1) is 15.3. The quantitative estimate of drug-likeness (QED) is 0.469. The van der Waals surface area contributed by atoms with Crippen molar-refractivity contribution in [2.45, 2.75) is 25.3 Å². The highest BCUT2D eigenvalue weighted by molar-refractivity contribution is 9.09. The van der Waals surface area contributed by atoms with Crippen LogP contribution in [0.5, 0.6) is 0 Å². The van der Waals surface area contributed by atoms with Crippen LogP contribution in [-0.2, 0) is 0 Å². The molecule has 1 aromatic carbocycles. The summed E-state index contributed by atoms with van der Waals surface area (Å²) >= 11 is 9.27. The van der Waals surface area contributed by atoms with Gasteiger partial charge in [-0.15, -0.1) is 0 Å². The molecule has 1 heterocycles. The predicted molar refractivity (Wildman–Crippen MR) is 80.6 cm³/mol. The molecular weight excluding hydrogens is 348 g/mol. The molecule has 5 nitrogen and oxygen atoms in total. The number of nitrogens with zero attached hydrogens (tertiary/aromatic N) is 2. The second-order valence-corrected chi connectivity index (χ2v) is 5.80. The van der Waals surface area contributed by atoms with Crippen molar-refractivity contribution in [1.29, 1.82) is 0 Å². The molecule has 7 heteroatoms. The van der Waals surface area contributed by atoms with Gasteiger partial charge in [0.2, 0.25) is 0 Å². The Kier molecular flexibility index (Phi) is 4.99. The number of rotatable bonds is 3. The maximum absolute atomic E-state index is 12.6. The van der Waals surface area contributed by atoms with Crippen molar-refractivity contribution < 1.29 is 9.72 Å². The van der Waals surface area contributed by atoms with Gasteiger partial charge in [-0.05, 0) is 31.4 Å². The topological polar surface area (TPSA) is 63.4 Å². The van der Waals surface area contributed by atoms with Gasteiger partial charge in [-0.3, -0.25) is 14.9 Å². The van der Waals surface area contributed by atoms with Gasteiger partial charge in [0.15, 0.2) is 0 Å². The average Bonchev–Trinajstić information content (AvgIpc) is 2.46. The number of likely N-dealkylation sites (tertiary alicyclic amines) is 1. The van der Waals surface area contributed by atoms with Crippen LogP contribution in [-0.4, -0.2) is 33.6 Å². The number of amides is 1. The molecule has 1 unspecified atom stereocenters. The number of nitro benzene ring substituents is 1. The summed E-state index contributed by atoms with van der Waals surface area (Å²) in [5.74, 6) is -0.316. The summed E-state index contributed by atoms with van der Waals surface area (Å²) < 4.78 is 0. The van der Waals surface area contributed by atoms with E-state index in [1.807, 2.05) is 0 Å². The maximum atomic E-state index is 12.6. The Balaban J connectivity index is 2.36. The Hall–Kier alpha value is -1.14. The van der Waals surface area contributed by atoms with E-state index in [0.29, 0.717) is 16.9 Å². The first-order chi connectivity index (χ1) is 9.54. The Labute approximate surface area is 130 Å². The summed E-state index contributed by atoms with van der Waals surface area (Å²) in [6.07, 6.45) is 2.90. The molecule has 1 aliphatic rings. The minimum Gasteiger partial charge on any atom is -0.335 e. The molecule has 1 fully saturated rings. The summed E-state index contributed by atoms with van der Waals surface area (Å²) in [6.45, 7) is 0.624. The molecule has 0 aromatic heterocycles. The van der Waals surface area contributed by atoms with Gasteiger partial charge in [0.25, 0.3) is 11.6 Å². The Bertz CT molecular complexity index is 538. The summed E-state index contributed by atoms with van der Waals surface area (Å²) in [5, 5.41) is 12.1. The van der Waals surface area contributed by atoms with E-state index in [0.717, 1.165) is 19.3 Å². The highest BCUT2D eigenvalue weighted by Crippen LogP contribution is 2.27. The third-order valence-corrected chi connectivity index (χ3v) is 4.43. The molecule has 1 aromatic rings. The molecule has 0 aliphatic carbocycles. The van der Waals surface area contributed by atoms with Crippen LogP contribution in [0.2, 0.25) is 5.02 Å². The minimum atomic E-state index is -0.545. The molecular formula is C13H14BrClN2O3. The van der Waals surface area contributed by atoms with E-state index in [2.05, 4.69) is 15.9 Å². The molecule has 0 radical (unpaired) electrons. The maximum Gasteiger partial charge on any atom is 0.282 e. The van der Waals surface area contributed by atoms with Crippen molar-refractivity contribution in [3.05, 3.63) is 38.9 Å². The molecule has 0 spiro atoms. The molecule has 1 atom stereocenters. The highest BCUT2D eigenvalue weighted by atomic mass is 79.9. The summed E-state index contributed by atoms with van der Waals surface area (Å²) in [6, 6.07) is 4.16. The van der Waals surface area contributed by atoms with Crippen molar-refractivity contribution in [3.63, 3.8) is 0 Å². The van der Waals surface area contributed by atoms with Crippen LogP contribution in [0.3, 0.4) is 0 Å². The summed E-state index contributed by atoms with van der Waals surface area (Å²) in [5.41, 5.74) is -0.131. The van der Waals surface area contributed by atoms with E-state index in [1.165, 1.54) is 18.2 Å². The van der Waals surface area contributed by atoms with E-state index < -0.39 is 4.92 Å². The van der Waals surface area contributed by atoms with E-state index >= 15 is 0 Å². The number of hydrogen-bond donors (Lipinski definition) is 0. The number of piperidine rings is 1. The second-order valence-electron chi connectivity index (χ2n) is 4.72. The number of carbonyl (C=O) groups is 1. The normalized spacial score (nSPS) is 18.9. The van der Waals surface area contributed by atoms with Crippen molar-refractivity contribution in [2.75, 3.05) is 11.9 Å². The van der Waals surface area contributed by atoms with E-state index in [9.17, 15) is 14.9 Å². The van der Waals surface area contributed by atoms with E-state index in [1.54, 1.807) is 4.90 Å². The lowest BCUT2D eigenvalue weighted by Crippen LogP contribution is -2.44. The van der Waals surface area contributed by atoms with Gasteiger partial charge < -0.3 is 4.90 Å². The lowest BCUT2D eigenvalue weighted by molar-refractivity contribution is -0.385. The molecule has 1 saturated heterocycles. The first-order valence-corrected chi connectivity index (χ1v) is 7.85. The zero-order valence-electron chi connectivity index (χ0n) is 10.7. The fourth-order valence-electron chi connectivity index (χ4n) is 2.42. The van der Waals surface area contributed by atoms with Gasteiger partial charge in [-0.25, -0.2) is 0 Å². The Morgan fingerprint density at radius 3 is 2.90 bits per heavy atom. The predicted octanol–water partition coefficient (Wildman–Crippen LogP) is 3.64. The summed E-state index contributed by atoms with van der Waals surface area (Å²) in [7, 11) is 0. The standard InChI is InChI=1S/C13H14BrClN2O3/c14-8-10-3-1-2-6-16(10)13(18)11-7-9(15)4-5-12(11)17(19)20/h4-5,7,10H,1-3,6,8H2. The minimum absolute atomic E-state index is 0.0651. The number of hydrogen-bond acceptors (Lipinski definition) is 3. The SMILES string of the molecule is O=C(c1cc(Cl)ccc1[N+](=O)[O-])N1CCCCC1CBr. The van der Waals surface area contributed by atoms with Crippen molar-refractivity contribution >= 4 is 39.1 Å². The van der Waals surface area contributed by atoms with Crippen LogP contribution < -0.4 is 0 Å². The lowest BCUT2D eigenvalue weighted by Gasteiger charge is -2.34. The van der Waals surface area contributed by atoms with Gasteiger partial charge in [0, 0.05) is 29.0 Å². The number of benzene rings is 1. The van der Waals surface area contributed by atoms with E-state index in [-0.39, 0.29) is 23.2 Å². The van der Waals surface area contributed by atoms with Crippen LogP contribution >= 0.6 is 27.5 Å². The van der Waals surface area contributed by atoms with Crippen LogP contribution in [0.1, 0.15) is 29.6 Å². The zero-order valence-corrected chi connectivity index (χ0v) is 13.1.